The number of rotatable bonds is 16. The number of carboxylic acids is 1. The second-order valence-electron chi connectivity index (χ2n) is 10.1. The highest BCUT2D eigenvalue weighted by Gasteiger charge is 2.22. The Balaban J connectivity index is 1.29. The maximum atomic E-state index is 13.1. The van der Waals surface area contributed by atoms with Crippen LogP contribution in [0.4, 0.5) is 5.69 Å². The first-order valence-corrected chi connectivity index (χ1v) is 14.1. The number of anilines is 1. The summed E-state index contributed by atoms with van der Waals surface area (Å²) in [7, 11) is 1.58. The largest absolute Gasteiger partial charge is 0.492 e. The zero-order chi connectivity index (χ0) is 30.4. The Kier molecular flexibility index (Phi) is 11.5. The normalized spacial score (nSPS) is 12.1. The number of carboxylic acid groups (broad SMARTS) is 1. The molecule has 43 heavy (non-hydrogen) atoms. The maximum absolute atomic E-state index is 13.1. The van der Waals surface area contributed by atoms with Crippen molar-refractivity contribution in [2.75, 3.05) is 32.2 Å². The number of para-hydroxylation sites is 1. The van der Waals surface area contributed by atoms with Gasteiger partial charge in [-0.3, -0.25) is 9.59 Å². The molecule has 3 N–H and O–H groups in total. The van der Waals surface area contributed by atoms with Gasteiger partial charge in [-0.05, 0) is 41.8 Å². The Labute approximate surface area is 251 Å². The van der Waals surface area contributed by atoms with Crippen LogP contribution in [0.3, 0.4) is 0 Å². The van der Waals surface area contributed by atoms with Crippen molar-refractivity contribution in [3.8, 4) is 5.75 Å². The molecule has 0 radical (unpaired) electrons. The monoisotopic (exact) mass is 580 g/mol. The molecule has 0 aromatic heterocycles. The summed E-state index contributed by atoms with van der Waals surface area (Å²) in [5.74, 6) is -1.00. The molecule has 0 aliphatic heterocycles. The number of methoxy groups -OCH3 is 1. The van der Waals surface area contributed by atoms with Crippen LogP contribution in [0.1, 0.15) is 27.0 Å². The molecule has 0 fully saturated rings. The number of carbonyl (C=O) groups excluding carboxylic acids is 2. The molecule has 222 valence electrons. The van der Waals surface area contributed by atoms with Crippen LogP contribution in [-0.2, 0) is 27.2 Å². The minimum Gasteiger partial charge on any atom is -0.492 e. The molecular formula is C35H36N2O6. The van der Waals surface area contributed by atoms with Crippen LogP contribution in [0.2, 0.25) is 0 Å². The minimum atomic E-state index is -1.03. The van der Waals surface area contributed by atoms with Crippen LogP contribution >= 0.6 is 0 Å². The summed E-state index contributed by atoms with van der Waals surface area (Å²) in [6, 6.07) is 31.8. The van der Waals surface area contributed by atoms with E-state index in [0.717, 1.165) is 11.1 Å². The van der Waals surface area contributed by atoms with Crippen LogP contribution in [0.25, 0.3) is 0 Å². The highest BCUT2D eigenvalue weighted by Crippen LogP contribution is 2.22. The fourth-order valence-corrected chi connectivity index (χ4v) is 4.71. The van der Waals surface area contributed by atoms with Crippen LogP contribution in [0, 0.1) is 5.92 Å². The number of hydrogen-bond donors (Lipinski definition) is 3. The van der Waals surface area contributed by atoms with Crippen molar-refractivity contribution in [2.24, 2.45) is 5.92 Å². The Morgan fingerprint density at radius 3 is 2.07 bits per heavy atom. The summed E-state index contributed by atoms with van der Waals surface area (Å²) in [5.41, 5.74) is 3.25. The average molecular weight is 581 g/mol. The van der Waals surface area contributed by atoms with Gasteiger partial charge >= 0.3 is 5.97 Å². The van der Waals surface area contributed by atoms with E-state index in [4.69, 9.17) is 9.47 Å². The lowest BCUT2D eigenvalue weighted by molar-refractivity contribution is -0.137. The smallest absolute Gasteiger partial charge is 0.326 e. The van der Waals surface area contributed by atoms with E-state index < -0.39 is 12.0 Å². The first-order valence-electron chi connectivity index (χ1n) is 14.1. The van der Waals surface area contributed by atoms with Gasteiger partial charge in [0.2, 0.25) is 5.91 Å². The summed E-state index contributed by atoms with van der Waals surface area (Å²) in [5, 5.41) is 15.9. The fraction of sp³-hybridized carbons (Fsp3) is 0.229. The Hall–Kier alpha value is -4.95. The lowest BCUT2D eigenvalue weighted by atomic mass is 9.99. The number of ketones is 1. The van der Waals surface area contributed by atoms with E-state index in [9.17, 15) is 19.5 Å². The van der Waals surface area contributed by atoms with Gasteiger partial charge in [0.05, 0.1) is 19.1 Å². The van der Waals surface area contributed by atoms with E-state index in [1.165, 1.54) is 0 Å². The van der Waals surface area contributed by atoms with Gasteiger partial charge in [0.25, 0.3) is 0 Å². The first kappa shape index (κ1) is 31.0. The zero-order valence-corrected chi connectivity index (χ0v) is 24.1. The van der Waals surface area contributed by atoms with E-state index in [1.54, 1.807) is 79.9 Å². The van der Waals surface area contributed by atoms with Gasteiger partial charge in [-0.15, -0.1) is 0 Å². The van der Waals surface area contributed by atoms with Crippen molar-refractivity contribution in [3.63, 3.8) is 0 Å². The van der Waals surface area contributed by atoms with Gasteiger partial charge in [-0.2, -0.15) is 0 Å². The molecule has 0 bridgehead atoms. The summed E-state index contributed by atoms with van der Waals surface area (Å²) in [4.78, 5) is 37.9. The van der Waals surface area contributed by atoms with E-state index in [-0.39, 0.29) is 30.6 Å². The summed E-state index contributed by atoms with van der Waals surface area (Å²) < 4.78 is 11.0. The summed E-state index contributed by atoms with van der Waals surface area (Å²) >= 11 is 0. The SMILES string of the molecule is COCC(Cc1ccccc1)C(=O)NCCOc1ccc(C[C@H](Nc2ccccc2C(=O)c2ccccc2)C(=O)O)cc1. The fourth-order valence-electron chi connectivity index (χ4n) is 4.71. The van der Waals surface area contributed by atoms with E-state index in [2.05, 4.69) is 10.6 Å². The van der Waals surface area contributed by atoms with Crippen LogP contribution in [-0.4, -0.2) is 55.7 Å². The number of nitrogens with one attached hydrogen (secondary N) is 2. The number of amides is 1. The molecule has 0 heterocycles. The average Bonchev–Trinajstić information content (AvgIpc) is 3.04. The van der Waals surface area contributed by atoms with Crippen molar-refractivity contribution in [3.05, 3.63) is 131 Å². The zero-order valence-electron chi connectivity index (χ0n) is 24.1. The van der Waals surface area contributed by atoms with Crippen molar-refractivity contribution < 1.29 is 29.0 Å². The van der Waals surface area contributed by atoms with Crippen LogP contribution in [0.5, 0.6) is 5.75 Å². The molecule has 4 rings (SSSR count). The van der Waals surface area contributed by atoms with Crippen LogP contribution < -0.4 is 15.4 Å². The first-order chi connectivity index (χ1) is 20.9. The predicted molar refractivity (Wildman–Crippen MR) is 166 cm³/mol. The number of hydrogen-bond acceptors (Lipinski definition) is 6. The van der Waals surface area contributed by atoms with E-state index in [0.29, 0.717) is 42.1 Å². The number of benzene rings is 4. The van der Waals surface area contributed by atoms with Gasteiger partial charge in [-0.25, -0.2) is 4.79 Å². The molecule has 4 aromatic carbocycles. The molecule has 2 atom stereocenters. The molecule has 8 nitrogen and oxygen atoms in total. The third kappa shape index (κ3) is 9.28. The molecular weight excluding hydrogens is 544 g/mol. The van der Waals surface area contributed by atoms with Gasteiger partial charge in [0, 0.05) is 30.3 Å². The van der Waals surface area contributed by atoms with Crippen molar-refractivity contribution in [1.29, 1.82) is 0 Å². The third-order valence-electron chi connectivity index (χ3n) is 6.93. The molecule has 1 amide bonds. The highest BCUT2D eigenvalue weighted by molar-refractivity contribution is 6.12. The quantitative estimate of drug-likeness (QED) is 0.126. The molecule has 1 unspecified atom stereocenters. The Morgan fingerprint density at radius 1 is 0.767 bits per heavy atom. The topological polar surface area (TPSA) is 114 Å². The molecule has 0 aliphatic carbocycles. The lowest BCUT2D eigenvalue weighted by Crippen LogP contribution is -2.36. The van der Waals surface area contributed by atoms with Crippen molar-refractivity contribution >= 4 is 23.3 Å². The summed E-state index contributed by atoms with van der Waals surface area (Å²) in [6.45, 7) is 0.938. The lowest BCUT2D eigenvalue weighted by Gasteiger charge is -2.18. The standard InChI is InChI=1S/C35H36N2O6/c1-42-24-28(22-25-10-4-2-5-11-25)34(39)36-20-21-43-29-18-16-26(17-19-29)23-32(35(40)41)37-31-15-9-8-14-30(31)33(38)27-12-6-3-7-13-27/h2-19,28,32,37H,20-24H2,1H3,(H,36,39)(H,40,41)/t28?,32-/m0/s1. The van der Waals surface area contributed by atoms with Crippen molar-refractivity contribution in [1.82, 2.24) is 5.32 Å². The number of carbonyl (C=O) groups is 3. The van der Waals surface area contributed by atoms with E-state index >= 15 is 0 Å². The van der Waals surface area contributed by atoms with Gasteiger partial charge < -0.3 is 25.2 Å². The molecule has 0 saturated carbocycles. The van der Waals surface area contributed by atoms with Crippen LogP contribution in [0.15, 0.2) is 109 Å². The third-order valence-corrected chi connectivity index (χ3v) is 6.93. The molecule has 0 saturated heterocycles. The Morgan fingerprint density at radius 2 is 1.40 bits per heavy atom. The predicted octanol–water partition coefficient (Wildman–Crippen LogP) is 5.03. The second-order valence-corrected chi connectivity index (χ2v) is 10.1. The van der Waals surface area contributed by atoms with Gasteiger partial charge in [-0.1, -0.05) is 84.9 Å². The molecule has 4 aromatic rings. The number of ether oxygens (including phenoxy) is 2. The number of aliphatic carboxylic acids is 1. The summed E-state index contributed by atoms with van der Waals surface area (Å²) in [6.07, 6.45) is 0.784. The molecule has 0 spiro atoms. The minimum absolute atomic E-state index is 0.0936. The Bertz CT molecular complexity index is 1480. The molecule has 0 aliphatic rings. The van der Waals surface area contributed by atoms with Crippen molar-refractivity contribution in [2.45, 2.75) is 18.9 Å². The maximum Gasteiger partial charge on any atom is 0.326 e. The van der Waals surface area contributed by atoms with E-state index in [1.807, 2.05) is 36.4 Å². The van der Waals surface area contributed by atoms with Gasteiger partial charge in [0.1, 0.15) is 18.4 Å². The van der Waals surface area contributed by atoms with Gasteiger partial charge in [0.15, 0.2) is 5.78 Å². The second kappa shape index (κ2) is 15.9. The molecule has 8 heteroatoms. The highest BCUT2D eigenvalue weighted by atomic mass is 16.5.